The van der Waals surface area contributed by atoms with E-state index in [1.54, 1.807) is 7.11 Å². The summed E-state index contributed by atoms with van der Waals surface area (Å²) in [5.41, 5.74) is 2.26. The first-order valence-corrected chi connectivity index (χ1v) is 9.57. The van der Waals surface area contributed by atoms with Crippen molar-refractivity contribution in [3.8, 4) is 17.2 Å². The molecule has 0 amide bonds. The fraction of sp³-hybridized carbons (Fsp3) is 0.455. The molecule has 0 spiro atoms. The molecule has 0 saturated heterocycles. The van der Waals surface area contributed by atoms with Gasteiger partial charge in [0.05, 0.1) is 25.9 Å². The van der Waals surface area contributed by atoms with E-state index in [9.17, 15) is 5.11 Å². The lowest BCUT2D eigenvalue weighted by Crippen LogP contribution is -2.34. The highest BCUT2D eigenvalue weighted by atomic mass is 16.7. The lowest BCUT2D eigenvalue weighted by atomic mass is 10.1. The molecule has 1 heterocycles. The van der Waals surface area contributed by atoms with E-state index in [0.717, 1.165) is 28.4 Å². The molecule has 6 nitrogen and oxygen atoms in total. The van der Waals surface area contributed by atoms with E-state index in [1.807, 2.05) is 56.3 Å². The quantitative estimate of drug-likeness (QED) is 0.676. The summed E-state index contributed by atoms with van der Waals surface area (Å²) in [6.45, 7) is 6.41. The van der Waals surface area contributed by atoms with Crippen LogP contribution in [0.15, 0.2) is 42.5 Å². The molecular formula is C22H29NO5. The second-order valence-electron chi connectivity index (χ2n) is 7.24. The average molecular weight is 387 g/mol. The minimum atomic E-state index is -0.561. The van der Waals surface area contributed by atoms with Crippen LogP contribution in [0.5, 0.6) is 17.2 Å². The summed E-state index contributed by atoms with van der Waals surface area (Å²) in [6, 6.07) is 14.0. The van der Waals surface area contributed by atoms with Gasteiger partial charge in [0.2, 0.25) is 6.79 Å². The molecule has 0 aliphatic carbocycles. The Morgan fingerprint density at radius 2 is 1.68 bits per heavy atom. The van der Waals surface area contributed by atoms with Crippen LogP contribution in [0.4, 0.5) is 0 Å². The number of nitrogens with zero attached hydrogens (tertiary/aromatic N) is 1. The molecular weight excluding hydrogens is 358 g/mol. The van der Waals surface area contributed by atoms with Gasteiger partial charge < -0.3 is 24.1 Å². The first-order valence-electron chi connectivity index (χ1n) is 9.57. The molecule has 2 aromatic rings. The predicted octanol–water partition coefficient (Wildman–Crippen LogP) is 3.21. The molecule has 2 aromatic carbocycles. The minimum absolute atomic E-state index is 0.0959. The standard InChI is InChI=1S/C22H29NO5/c1-16(2)26-14-19(24)13-23(11-17-4-7-20(25-3)8-5-17)12-18-6-9-21-22(10-18)28-15-27-21/h4-10,16,19,24H,11-15H2,1-3H3/t19-/m1/s1. The maximum atomic E-state index is 10.4. The number of ether oxygens (including phenoxy) is 4. The zero-order chi connectivity index (χ0) is 19.9. The van der Waals surface area contributed by atoms with Gasteiger partial charge in [0, 0.05) is 19.6 Å². The fourth-order valence-corrected chi connectivity index (χ4v) is 3.13. The molecule has 0 bridgehead atoms. The van der Waals surface area contributed by atoms with Gasteiger partial charge in [-0.15, -0.1) is 0 Å². The maximum Gasteiger partial charge on any atom is 0.231 e. The summed E-state index contributed by atoms with van der Waals surface area (Å²) in [7, 11) is 1.66. The van der Waals surface area contributed by atoms with Crippen LogP contribution < -0.4 is 14.2 Å². The van der Waals surface area contributed by atoms with Crippen molar-refractivity contribution in [1.82, 2.24) is 4.90 Å². The number of benzene rings is 2. The van der Waals surface area contributed by atoms with E-state index in [-0.39, 0.29) is 12.9 Å². The maximum absolute atomic E-state index is 10.4. The molecule has 0 radical (unpaired) electrons. The topological polar surface area (TPSA) is 60.4 Å². The number of rotatable bonds is 10. The van der Waals surface area contributed by atoms with Gasteiger partial charge in [0.25, 0.3) is 0 Å². The number of hydrogen-bond donors (Lipinski definition) is 1. The molecule has 0 aromatic heterocycles. The summed E-state index contributed by atoms with van der Waals surface area (Å²) in [6.07, 6.45) is -0.465. The van der Waals surface area contributed by atoms with Crippen molar-refractivity contribution in [3.05, 3.63) is 53.6 Å². The zero-order valence-corrected chi connectivity index (χ0v) is 16.8. The first kappa shape index (κ1) is 20.5. The van der Waals surface area contributed by atoms with Crippen molar-refractivity contribution in [2.24, 2.45) is 0 Å². The first-order chi connectivity index (χ1) is 13.5. The van der Waals surface area contributed by atoms with Crippen molar-refractivity contribution < 1.29 is 24.1 Å². The van der Waals surface area contributed by atoms with Crippen LogP contribution in [-0.2, 0) is 17.8 Å². The van der Waals surface area contributed by atoms with Crippen LogP contribution in [0.2, 0.25) is 0 Å². The second kappa shape index (κ2) is 9.78. The Morgan fingerprint density at radius 3 is 2.39 bits per heavy atom. The average Bonchev–Trinajstić information content (AvgIpc) is 3.15. The van der Waals surface area contributed by atoms with E-state index in [4.69, 9.17) is 18.9 Å². The lowest BCUT2D eigenvalue weighted by Gasteiger charge is -2.26. The predicted molar refractivity (Wildman–Crippen MR) is 107 cm³/mol. The monoisotopic (exact) mass is 387 g/mol. The number of hydrogen-bond acceptors (Lipinski definition) is 6. The molecule has 0 saturated carbocycles. The largest absolute Gasteiger partial charge is 0.497 e. The molecule has 28 heavy (non-hydrogen) atoms. The van der Waals surface area contributed by atoms with Crippen LogP contribution >= 0.6 is 0 Å². The van der Waals surface area contributed by atoms with Crippen molar-refractivity contribution in [1.29, 1.82) is 0 Å². The summed E-state index contributed by atoms with van der Waals surface area (Å²) in [5.74, 6) is 2.37. The van der Waals surface area contributed by atoms with Gasteiger partial charge in [-0.05, 0) is 49.2 Å². The molecule has 0 fully saturated rings. The highest BCUT2D eigenvalue weighted by Gasteiger charge is 2.17. The molecule has 3 rings (SSSR count). The van der Waals surface area contributed by atoms with Gasteiger partial charge >= 0.3 is 0 Å². The number of aliphatic hydroxyl groups excluding tert-OH is 1. The van der Waals surface area contributed by atoms with Crippen molar-refractivity contribution in [2.45, 2.75) is 39.1 Å². The van der Waals surface area contributed by atoms with E-state index in [1.165, 1.54) is 0 Å². The van der Waals surface area contributed by atoms with Gasteiger partial charge in [-0.3, -0.25) is 4.90 Å². The molecule has 1 atom stereocenters. The highest BCUT2D eigenvalue weighted by Crippen LogP contribution is 2.33. The molecule has 1 aliphatic heterocycles. The van der Waals surface area contributed by atoms with Crippen LogP contribution in [0.25, 0.3) is 0 Å². The van der Waals surface area contributed by atoms with E-state index in [0.29, 0.717) is 26.2 Å². The fourth-order valence-electron chi connectivity index (χ4n) is 3.13. The zero-order valence-electron chi connectivity index (χ0n) is 16.8. The lowest BCUT2D eigenvalue weighted by molar-refractivity contribution is -0.0106. The van der Waals surface area contributed by atoms with Crippen molar-refractivity contribution in [2.75, 3.05) is 27.1 Å². The Morgan fingerprint density at radius 1 is 1.00 bits per heavy atom. The molecule has 152 valence electrons. The summed E-state index contributed by atoms with van der Waals surface area (Å²) in [5, 5.41) is 10.4. The highest BCUT2D eigenvalue weighted by molar-refractivity contribution is 5.44. The van der Waals surface area contributed by atoms with E-state index < -0.39 is 6.10 Å². The summed E-state index contributed by atoms with van der Waals surface area (Å²) >= 11 is 0. The van der Waals surface area contributed by atoms with Gasteiger partial charge in [0.1, 0.15) is 5.75 Å². The SMILES string of the molecule is COc1ccc(CN(Cc2ccc3c(c2)OCO3)C[C@@H](O)COC(C)C)cc1. The molecule has 0 unspecified atom stereocenters. The van der Waals surface area contributed by atoms with Crippen LogP contribution in [-0.4, -0.2) is 49.3 Å². The second-order valence-corrected chi connectivity index (χ2v) is 7.24. The molecule has 6 heteroatoms. The van der Waals surface area contributed by atoms with Crippen molar-refractivity contribution in [3.63, 3.8) is 0 Å². The third-order valence-corrected chi connectivity index (χ3v) is 4.50. The van der Waals surface area contributed by atoms with Gasteiger partial charge in [-0.1, -0.05) is 18.2 Å². The Labute approximate surface area is 166 Å². The Bertz CT molecular complexity index is 747. The third kappa shape index (κ3) is 5.86. The van der Waals surface area contributed by atoms with Crippen molar-refractivity contribution >= 4 is 0 Å². The van der Waals surface area contributed by atoms with Gasteiger partial charge in [-0.25, -0.2) is 0 Å². The van der Waals surface area contributed by atoms with Crippen LogP contribution in [0.1, 0.15) is 25.0 Å². The number of methoxy groups -OCH3 is 1. The van der Waals surface area contributed by atoms with E-state index >= 15 is 0 Å². The Balaban J connectivity index is 1.69. The Kier molecular flexibility index (Phi) is 7.14. The van der Waals surface area contributed by atoms with Crippen LogP contribution in [0, 0.1) is 0 Å². The van der Waals surface area contributed by atoms with Crippen LogP contribution in [0.3, 0.4) is 0 Å². The number of fused-ring (bicyclic) bond motifs is 1. The summed E-state index contributed by atoms with van der Waals surface area (Å²) in [4.78, 5) is 2.20. The Hall–Kier alpha value is -2.28. The minimum Gasteiger partial charge on any atom is -0.497 e. The number of aliphatic hydroxyl groups is 1. The van der Waals surface area contributed by atoms with E-state index in [2.05, 4.69) is 4.90 Å². The van der Waals surface area contributed by atoms with Gasteiger partial charge in [-0.2, -0.15) is 0 Å². The molecule has 1 N–H and O–H groups in total. The normalized spacial score (nSPS) is 13.9. The van der Waals surface area contributed by atoms with Gasteiger partial charge in [0.15, 0.2) is 11.5 Å². The molecule has 1 aliphatic rings. The third-order valence-electron chi connectivity index (χ3n) is 4.50. The smallest absolute Gasteiger partial charge is 0.231 e. The summed E-state index contributed by atoms with van der Waals surface area (Å²) < 4.78 is 21.7.